The van der Waals surface area contributed by atoms with E-state index in [0.717, 1.165) is 10.0 Å². The van der Waals surface area contributed by atoms with Gasteiger partial charge < -0.3 is 15.2 Å². The number of rotatable bonds is 3. The lowest BCUT2D eigenvalue weighted by atomic mass is 9.85. The van der Waals surface area contributed by atoms with Crippen LogP contribution in [0.3, 0.4) is 0 Å². The van der Waals surface area contributed by atoms with Gasteiger partial charge in [-0.1, -0.05) is 22.0 Å². The van der Waals surface area contributed by atoms with E-state index in [2.05, 4.69) is 21.2 Å². The molecule has 0 spiro atoms. The zero-order valence-electron chi connectivity index (χ0n) is 11.3. The van der Waals surface area contributed by atoms with E-state index in [1.165, 1.54) is 0 Å². The highest BCUT2D eigenvalue weighted by molar-refractivity contribution is 9.10. The molecule has 1 aliphatic heterocycles. The molecule has 2 N–H and O–H groups in total. The van der Waals surface area contributed by atoms with Crippen molar-refractivity contribution in [2.45, 2.75) is 19.9 Å². The Bertz CT molecular complexity index is 560. The summed E-state index contributed by atoms with van der Waals surface area (Å²) in [6, 6.07) is 4.73. The van der Waals surface area contributed by atoms with Gasteiger partial charge in [0.15, 0.2) is 0 Å². The van der Waals surface area contributed by atoms with E-state index in [0.29, 0.717) is 5.56 Å². The Balaban J connectivity index is 2.15. The third-order valence-corrected chi connectivity index (χ3v) is 4.54. The Hall–Kier alpha value is -1.40. The maximum absolute atomic E-state index is 12.2. The van der Waals surface area contributed by atoms with Gasteiger partial charge in [0.1, 0.15) is 5.41 Å². The number of ether oxygens (including phenoxy) is 1. The summed E-state index contributed by atoms with van der Waals surface area (Å²) in [5.74, 6) is -1.26. The molecule has 0 aliphatic carbocycles. The molecule has 0 bridgehead atoms. The van der Waals surface area contributed by atoms with Crippen molar-refractivity contribution >= 4 is 27.8 Å². The lowest BCUT2D eigenvalue weighted by molar-refractivity contribution is -0.148. The SMILES string of the molecule is Cc1ccc(C(=O)NC2COCC2(C)C(=O)O)cc1Br. The molecule has 1 saturated heterocycles. The Kier molecular flexibility index (Phi) is 4.15. The fourth-order valence-electron chi connectivity index (χ4n) is 2.06. The van der Waals surface area contributed by atoms with Gasteiger partial charge in [0.25, 0.3) is 5.91 Å². The molecular formula is C14H16BrNO4. The average molecular weight is 342 g/mol. The molecular weight excluding hydrogens is 326 g/mol. The molecule has 1 aromatic rings. The topological polar surface area (TPSA) is 75.6 Å². The predicted molar refractivity (Wildman–Crippen MR) is 76.7 cm³/mol. The van der Waals surface area contributed by atoms with Crippen molar-refractivity contribution in [3.05, 3.63) is 33.8 Å². The lowest BCUT2D eigenvalue weighted by Gasteiger charge is -2.25. The molecule has 1 fully saturated rings. The molecule has 1 aliphatic rings. The minimum atomic E-state index is -1.09. The van der Waals surface area contributed by atoms with Gasteiger partial charge in [-0.3, -0.25) is 9.59 Å². The van der Waals surface area contributed by atoms with E-state index in [1.807, 2.05) is 13.0 Å². The van der Waals surface area contributed by atoms with Crippen molar-refractivity contribution in [3.63, 3.8) is 0 Å². The van der Waals surface area contributed by atoms with E-state index >= 15 is 0 Å². The first-order valence-corrected chi connectivity index (χ1v) is 7.02. The standard InChI is InChI=1S/C14H16BrNO4/c1-8-3-4-9(5-10(8)15)12(17)16-11-6-20-7-14(11,2)13(18)19/h3-5,11H,6-7H2,1-2H3,(H,16,17)(H,18,19). The van der Waals surface area contributed by atoms with Crippen molar-refractivity contribution < 1.29 is 19.4 Å². The second-order valence-electron chi connectivity index (χ2n) is 5.23. The first-order valence-electron chi connectivity index (χ1n) is 6.23. The van der Waals surface area contributed by atoms with Gasteiger partial charge in [-0.2, -0.15) is 0 Å². The molecule has 6 heteroatoms. The van der Waals surface area contributed by atoms with Crippen molar-refractivity contribution in [2.24, 2.45) is 5.41 Å². The fourth-order valence-corrected chi connectivity index (χ4v) is 2.44. The van der Waals surface area contributed by atoms with Crippen LogP contribution < -0.4 is 5.32 Å². The molecule has 0 saturated carbocycles. The van der Waals surface area contributed by atoms with Crippen LogP contribution in [0, 0.1) is 12.3 Å². The highest BCUT2D eigenvalue weighted by atomic mass is 79.9. The average Bonchev–Trinajstić information content (AvgIpc) is 2.75. The summed E-state index contributed by atoms with van der Waals surface area (Å²) in [6.07, 6.45) is 0. The molecule has 1 aromatic carbocycles. The minimum Gasteiger partial charge on any atom is -0.481 e. The van der Waals surface area contributed by atoms with Gasteiger partial charge in [0, 0.05) is 10.0 Å². The Morgan fingerprint density at radius 3 is 2.80 bits per heavy atom. The maximum atomic E-state index is 12.2. The molecule has 2 rings (SSSR count). The number of carboxylic acid groups (broad SMARTS) is 1. The summed E-state index contributed by atoms with van der Waals surface area (Å²) in [6.45, 7) is 3.82. The summed E-state index contributed by atoms with van der Waals surface area (Å²) in [5.41, 5.74) is 0.431. The normalized spacial score (nSPS) is 25.4. The number of aliphatic carboxylic acids is 1. The number of nitrogens with one attached hydrogen (secondary N) is 1. The molecule has 0 aromatic heterocycles. The van der Waals surface area contributed by atoms with Crippen molar-refractivity contribution in [3.8, 4) is 0 Å². The molecule has 20 heavy (non-hydrogen) atoms. The molecule has 2 atom stereocenters. The molecule has 2 unspecified atom stereocenters. The number of benzene rings is 1. The van der Waals surface area contributed by atoms with E-state index in [4.69, 9.17) is 4.74 Å². The zero-order chi connectivity index (χ0) is 14.9. The maximum Gasteiger partial charge on any atom is 0.313 e. The number of carboxylic acids is 1. The van der Waals surface area contributed by atoms with Crippen LogP contribution in [0.1, 0.15) is 22.8 Å². The summed E-state index contributed by atoms with van der Waals surface area (Å²) in [4.78, 5) is 23.5. The molecule has 5 nitrogen and oxygen atoms in total. The fraction of sp³-hybridized carbons (Fsp3) is 0.429. The van der Waals surface area contributed by atoms with Crippen LogP contribution in [0.5, 0.6) is 0 Å². The van der Waals surface area contributed by atoms with Gasteiger partial charge in [0.2, 0.25) is 0 Å². The van der Waals surface area contributed by atoms with Crippen molar-refractivity contribution in [2.75, 3.05) is 13.2 Å². The number of carbonyl (C=O) groups is 2. The van der Waals surface area contributed by atoms with Gasteiger partial charge in [-0.25, -0.2) is 0 Å². The molecule has 0 radical (unpaired) electrons. The Labute approximate surface area is 125 Å². The summed E-state index contributed by atoms with van der Waals surface area (Å²) < 4.78 is 6.05. The van der Waals surface area contributed by atoms with Crippen molar-refractivity contribution in [1.82, 2.24) is 5.32 Å². The summed E-state index contributed by atoms with van der Waals surface area (Å²) in [5, 5.41) is 12.0. The zero-order valence-corrected chi connectivity index (χ0v) is 12.9. The third-order valence-electron chi connectivity index (χ3n) is 3.68. The highest BCUT2D eigenvalue weighted by Gasteiger charge is 2.47. The van der Waals surface area contributed by atoms with Crippen LogP contribution in [0.2, 0.25) is 0 Å². The summed E-state index contributed by atoms with van der Waals surface area (Å²) in [7, 11) is 0. The first-order chi connectivity index (χ1) is 9.34. The van der Waals surface area contributed by atoms with Gasteiger partial charge in [0.05, 0.1) is 19.3 Å². The summed E-state index contributed by atoms with van der Waals surface area (Å²) >= 11 is 3.37. The molecule has 1 amide bonds. The van der Waals surface area contributed by atoms with E-state index in [-0.39, 0.29) is 19.1 Å². The van der Waals surface area contributed by atoms with Crippen molar-refractivity contribution in [1.29, 1.82) is 0 Å². The Morgan fingerprint density at radius 1 is 1.50 bits per heavy atom. The second-order valence-corrected chi connectivity index (χ2v) is 6.08. The largest absolute Gasteiger partial charge is 0.481 e. The number of halogens is 1. The van der Waals surface area contributed by atoms with Crippen LogP contribution in [0.25, 0.3) is 0 Å². The van der Waals surface area contributed by atoms with Crippen LogP contribution in [-0.2, 0) is 9.53 Å². The van der Waals surface area contributed by atoms with Crippen LogP contribution in [0.4, 0.5) is 0 Å². The first kappa shape index (κ1) is 15.0. The van der Waals surface area contributed by atoms with E-state index < -0.39 is 17.4 Å². The minimum absolute atomic E-state index is 0.102. The quantitative estimate of drug-likeness (QED) is 0.881. The van der Waals surface area contributed by atoms with E-state index in [1.54, 1.807) is 19.1 Å². The van der Waals surface area contributed by atoms with Gasteiger partial charge >= 0.3 is 5.97 Å². The smallest absolute Gasteiger partial charge is 0.313 e. The van der Waals surface area contributed by atoms with E-state index in [9.17, 15) is 14.7 Å². The highest BCUT2D eigenvalue weighted by Crippen LogP contribution is 2.29. The van der Waals surface area contributed by atoms with Crippen LogP contribution in [-0.4, -0.2) is 36.2 Å². The third kappa shape index (κ3) is 2.71. The van der Waals surface area contributed by atoms with Crippen LogP contribution >= 0.6 is 15.9 Å². The number of carbonyl (C=O) groups excluding carboxylic acids is 1. The van der Waals surface area contributed by atoms with Gasteiger partial charge in [-0.05, 0) is 31.5 Å². The predicted octanol–water partition coefficient (Wildman–Crippen LogP) is 1.98. The second kappa shape index (κ2) is 5.54. The lowest BCUT2D eigenvalue weighted by Crippen LogP contribution is -2.49. The molecule has 1 heterocycles. The monoisotopic (exact) mass is 341 g/mol. The van der Waals surface area contributed by atoms with Gasteiger partial charge in [-0.15, -0.1) is 0 Å². The number of amides is 1. The number of aryl methyl sites for hydroxylation is 1. The number of hydrogen-bond donors (Lipinski definition) is 2. The number of hydrogen-bond acceptors (Lipinski definition) is 3. The Morgan fingerprint density at radius 2 is 2.20 bits per heavy atom. The molecule has 108 valence electrons. The van der Waals surface area contributed by atoms with Crippen LogP contribution in [0.15, 0.2) is 22.7 Å².